The Kier molecular flexibility index (Phi) is 36.3. The topological polar surface area (TPSA) is 571 Å². The first-order chi connectivity index (χ1) is 62.0. The first-order valence-electron chi connectivity index (χ1n) is 44.6. The van der Waals surface area contributed by atoms with Crippen LogP contribution in [-0.2, 0) is 23.7 Å². The van der Waals surface area contributed by atoms with Crippen molar-refractivity contribution in [2.45, 2.75) is 236 Å². The maximum Gasteiger partial charge on any atom is 0.204 e. The summed E-state index contributed by atoms with van der Waals surface area (Å²) in [5.74, 6) is 3.61. The molecule has 45 heteroatoms. The van der Waals surface area contributed by atoms with E-state index < -0.39 is 157 Å². The van der Waals surface area contributed by atoms with Gasteiger partial charge in [-0.15, -0.1) is 65.9 Å². The normalized spacial score (nSPS) is 26.4. The van der Waals surface area contributed by atoms with Crippen LogP contribution in [0.5, 0.6) is 0 Å². The van der Waals surface area contributed by atoms with E-state index in [9.17, 15) is 51.1 Å². The van der Waals surface area contributed by atoms with Gasteiger partial charge in [0.2, 0.25) is 5.95 Å². The third kappa shape index (κ3) is 26.0. The molecule has 732 valence electrons. The van der Waals surface area contributed by atoms with Gasteiger partial charge in [-0.05, 0) is 180 Å². The number of nitrogens with zero attached hydrogens (tertiary/aromatic N) is 16. The highest BCUT2D eigenvalue weighted by molar-refractivity contribution is 7.99. The smallest absolute Gasteiger partial charge is 0.204 e. The number of unbranched alkanes of at least 4 members (excludes halogenated alkanes) is 3. The highest BCUT2D eigenvalue weighted by atomic mass is 32.2. The number of thioether (sulfide) groups is 3. The van der Waals surface area contributed by atoms with Crippen LogP contribution in [0.4, 0.5) is 34.5 Å². The van der Waals surface area contributed by atoms with E-state index in [1.54, 1.807) is 110 Å². The second kappa shape index (κ2) is 45.1. The summed E-state index contributed by atoms with van der Waals surface area (Å²) in [7, 11) is 0. The number of fused-ring (bicyclic) bond motifs is 5. The van der Waals surface area contributed by atoms with Crippen molar-refractivity contribution in [1.29, 1.82) is 0 Å². The summed E-state index contributed by atoms with van der Waals surface area (Å²) >= 11 is 4.77. The lowest BCUT2D eigenvalue weighted by molar-refractivity contribution is -0.0400. The maximum absolute atomic E-state index is 10.8. The summed E-state index contributed by atoms with van der Waals surface area (Å²) in [5.41, 5.74) is 43.4. The quantitative estimate of drug-likeness (QED) is 0.0106. The zero-order valence-corrected chi connectivity index (χ0v) is 85.2. The fourth-order valence-corrected chi connectivity index (χ4v) is 23.6. The molecule has 0 aromatic carbocycles. The first kappa shape index (κ1) is 106. The molecule has 0 amide bonds. The molecule has 10 aromatic heterocycles. The fraction of sp³-hybridized carbons (Fsp3) is 0.609. The van der Waals surface area contributed by atoms with E-state index in [0.29, 0.717) is 132 Å². The number of ether oxygens (including phenoxy) is 5. The molecule has 0 saturated carbocycles. The predicted octanol–water partition coefficient (Wildman–Crippen LogP) is 8.62. The van der Waals surface area contributed by atoms with Gasteiger partial charge in [-0.25, -0.2) is 54.8 Å². The average Bonchev–Trinajstić information content (AvgIpc) is 1.63. The molecule has 5 aliphatic rings. The predicted molar refractivity (Wildman–Crippen MR) is 550 cm³/mol. The van der Waals surface area contributed by atoms with Crippen molar-refractivity contribution in [2.75, 3.05) is 149 Å². The van der Waals surface area contributed by atoms with Crippen LogP contribution >= 0.6 is 69.7 Å². The molecular weight excluding hydrogens is 1840 g/mol. The number of hydrogen-bond donors (Lipinski definition) is 16. The van der Waals surface area contributed by atoms with Crippen molar-refractivity contribution in [2.24, 2.45) is 0 Å². The number of anilines is 6. The monoisotopic (exact) mass is 1980 g/mol. The zero-order valence-electron chi connectivity index (χ0n) is 78.3. The van der Waals surface area contributed by atoms with Crippen molar-refractivity contribution >= 4 is 192 Å². The highest BCUT2D eigenvalue weighted by Crippen LogP contribution is 2.48. The Morgan fingerprint density at radius 3 is 0.939 bits per heavy atom. The van der Waals surface area contributed by atoms with Gasteiger partial charge in [0.25, 0.3) is 0 Å². The molecule has 5 unspecified atom stereocenters. The average molecular weight is 1990 g/mol. The molecule has 132 heavy (non-hydrogen) atoms. The van der Waals surface area contributed by atoms with Crippen LogP contribution in [-0.4, -0.2) is 366 Å². The molecule has 5 saturated heterocycles. The van der Waals surface area contributed by atoms with Crippen molar-refractivity contribution in [3.05, 3.63) is 61.2 Å². The van der Waals surface area contributed by atoms with Crippen LogP contribution in [0, 0.1) is 6.92 Å². The van der Waals surface area contributed by atoms with Crippen LogP contribution in [0.1, 0.15) is 128 Å². The molecule has 0 bridgehead atoms. The Morgan fingerprint density at radius 1 is 0.333 bits per heavy atom. The van der Waals surface area contributed by atoms with E-state index in [4.69, 9.17) is 58.1 Å². The maximum atomic E-state index is 10.8. The lowest BCUT2D eigenvalue weighted by Crippen LogP contribution is -2.32. The Labute approximate surface area is 785 Å². The number of nitrogen functional groups attached to an aromatic ring is 6. The van der Waals surface area contributed by atoms with Gasteiger partial charge >= 0.3 is 0 Å². The molecular formula is C87H141N22O15P5S3. The first-order valence-corrected chi connectivity index (χ1v) is 62.8. The van der Waals surface area contributed by atoms with E-state index in [0.717, 1.165) is 86.6 Å². The lowest BCUT2D eigenvalue weighted by Gasteiger charge is -2.20. The molecule has 22 N–H and O–H groups in total. The minimum atomic E-state index is -1.25. The highest BCUT2D eigenvalue weighted by Gasteiger charge is 2.50. The van der Waals surface area contributed by atoms with Crippen LogP contribution in [0.25, 0.3) is 55.8 Å². The van der Waals surface area contributed by atoms with E-state index in [2.05, 4.69) is 174 Å². The zero-order chi connectivity index (χ0) is 96.7. The number of aliphatic hydroxyl groups excluding tert-OH is 10. The Morgan fingerprint density at radius 2 is 0.621 bits per heavy atom. The van der Waals surface area contributed by atoms with E-state index in [1.165, 1.54) is 10.9 Å². The Hall–Kier alpha value is -6.22. The summed E-state index contributed by atoms with van der Waals surface area (Å²) in [5, 5.41) is 108. The molecule has 0 aliphatic carbocycles. The molecule has 0 radical (unpaired) electrons. The van der Waals surface area contributed by atoms with Crippen LogP contribution in [0.3, 0.4) is 0 Å². The van der Waals surface area contributed by atoms with Gasteiger partial charge in [0.1, 0.15) is 94.4 Å². The van der Waals surface area contributed by atoms with E-state index in [-0.39, 0.29) is 11.8 Å². The van der Waals surface area contributed by atoms with Crippen LogP contribution in [0.2, 0.25) is 0 Å². The van der Waals surface area contributed by atoms with E-state index >= 15 is 0 Å². The molecule has 10 aromatic rings. The van der Waals surface area contributed by atoms with Crippen molar-refractivity contribution in [1.82, 2.24) is 77.7 Å². The minimum Gasteiger partial charge on any atom is -0.397 e. The number of aryl methyl sites for hydroxylation is 1. The summed E-state index contributed by atoms with van der Waals surface area (Å²) in [6, 6.07) is 6.76. The molecule has 0 spiro atoms. The number of hydrogen-bond acceptors (Lipinski definition) is 35. The third-order valence-corrected chi connectivity index (χ3v) is 33.7. The number of nitrogens with two attached hydrogens (primary N) is 6. The molecule has 15 rings (SSSR count). The molecule has 15 heterocycles. The second-order valence-electron chi connectivity index (χ2n) is 38.0. The number of pyridine rings is 4. The van der Waals surface area contributed by atoms with Gasteiger partial charge in [-0.2, -0.15) is 0 Å². The second-order valence-corrected chi connectivity index (χ2v) is 62.8. The summed E-state index contributed by atoms with van der Waals surface area (Å²) in [4.78, 5) is 48.3. The van der Waals surface area contributed by atoms with Crippen molar-refractivity contribution in [3.63, 3.8) is 0 Å². The third-order valence-electron chi connectivity index (χ3n) is 23.1. The van der Waals surface area contributed by atoms with Gasteiger partial charge in [-0.3, -0.25) is 22.8 Å². The SMILES string of the molecule is C=P(C)(C)CCC1O[C@@H](n2c(N)nc3c(N)ccnc32)[C@H](O)[C@@H]1O.C=P(C)(C)CCC1O[C@@H](n2c(SCCC)nc3c(N)ccnc32)[C@H](O)[C@@H]1O.C=P(C)(C)CCC1O[C@@H](n2c(SCCCC)nc3c(N)ccnc32)[C@H](O)[C@@H]1O.C=P(C)(C)CCC1O[C@@H](n2c(SCCCCC)nc3c(N)ccnc32)[C@H](O)[C@@H]1O.C=P(C)(C)CCC1O[C@@H](n2cnc3c(N)nc(C)nc32)[C@H](O)[C@@H]1O. The molecule has 37 nitrogen and oxygen atoms in total. The standard InChI is InChI=1S/C20H33N4O3PS.C19H31N4O3PS.C18H29N4O3PS.2C15H24N5O3P/c1-5-6-7-12-29-20-23-15-13(21)8-10-22-18(15)24(20)19-17(26)16(25)14(27-19)9-11-28(2,3)4;1-5-6-11-28-19-22-14-12(20)7-9-21-17(14)23(19)18-16(25)15(24)13(26-18)8-10-27(2,3)4;1-5-10-27-18-21-13-11(19)6-8-20-16(13)22(18)17-15(24)14(23)12(25-17)7-9-26(2,3)4;1-8-18-13(16)10-14(19-8)20(7-17-10)15-12(22)11(21)9(23-15)5-6-24(2,3)4;1-24(2,3)7-5-9-11(21)12(22)14(23-9)20-13-10(19-15(20)17)8(16)4-6-18-13/h8,10,14,16-17,19,25-26H,2,5-7,9,11-12H2,1,3-4H3,(H2,21,22);7,9,13,15-16,18,24-25H,2,5-6,8,10-11H2,1,3-4H3,(H2,20,21);6,8,12,14-15,17,23-24H,2,5,7,9-10H2,1,3-4H3,(H2,19,20);7,9,11-12,15,21-22H,2,5-6H2,1,3-4H3,(H2,16,18,19);4,6,9,11-12,14,21-22H,1,5,7H2,2-3H3,(H2,16,18)(H2,17,19)/t14?,16-,17-,19-;13?,15-,16-,18-;12?,14-,15-,17-;9?,11-,12-,15-;9?,11-,12-,14-/m11111/s1. The van der Waals surface area contributed by atoms with Gasteiger partial charge in [-0.1, -0.05) is 75.3 Å². The fourth-order valence-electron chi connectivity index (χ4n) is 15.8. The number of imidazole rings is 5. The summed E-state index contributed by atoms with van der Waals surface area (Å²) in [6.07, 6.45) is 26.9. The summed E-state index contributed by atoms with van der Waals surface area (Å²) < 4.78 is 38.7. The van der Waals surface area contributed by atoms with Crippen LogP contribution in [0.15, 0.2) is 70.8 Å². The lowest BCUT2D eigenvalue weighted by atomic mass is 10.1. The van der Waals surface area contributed by atoms with Gasteiger partial charge in [0.05, 0.1) is 59.6 Å². The van der Waals surface area contributed by atoms with Gasteiger partial charge in [0, 0.05) is 42.0 Å². The number of rotatable bonds is 32. The van der Waals surface area contributed by atoms with Crippen molar-refractivity contribution < 1.29 is 74.7 Å². The van der Waals surface area contributed by atoms with E-state index in [1.807, 2.05) is 0 Å². The Bertz CT molecular complexity index is 5820. The van der Waals surface area contributed by atoms with Crippen LogP contribution < -0.4 is 34.4 Å². The molecule has 5 aliphatic heterocycles. The summed E-state index contributed by atoms with van der Waals surface area (Å²) in [6.45, 7) is 23.4. The number of aliphatic hydroxyl groups is 10. The van der Waals surface area contributed by atoms with Crippen molar-refractivity contribution in [3.8, 4) is 0 Å². The van der Waals surface area contributed by atoms with Gasteiger partial charge in [0.15, 0.2) is 80.7 Å². The van der Waals surface area contributed by atoms with Gasteiger partial charge < -0.3 is 109 Å². The largest absolute Gasteiger partial charge is 0.397 e. The number of aromatic nitrogens is 16. The molecule has 5 fully saturated rings. The minimum absolute atomic E-state index is 0.136. The Balaban J connectivity index is 0.000000159. The molecule has 20 atom stereocenters.